The van der Waals surface area contributed by atoms with E-state index in [0.717, 1.165) is 24.4 Å². The van der Waals surface area contributed by atoms with Gasteiger partial charge in [0.05, 0.1) is 12.8 Å². The Balaban J connectivity index is 2.57. The summed E-state index contributed by atoms with van der Waals surface area (Å²) in [7, 11) is 3.65. The van der Waals surface area contributed by atoms with Crippen molar-refractivity contribution in [2.75, 3.05) is 32.1 Å². The van der Waals surface area contributed by atoms with Crippen LogP contribution in [0.3, 0.4) is 0 Å². The SMILES string of the molecule is COc1ccccc1N(C)CCCN=[N+]=[N-]. The minimum absolute atomic E-state index is 0.524. The van der Waals surface area contributed by atoms with E-state index in [1.165, 1.54) is 0 Å². The van der Waals surface area contributed by atoms with Crippen molar-refractivity contribution in [1.29, 1.82) is 0 Å². The first-order valence-electron chi connectivity index (χ1n) is 5.14. The van der Waals surface area contributed by atoms with Crippen LogP contribution in [-0.2, 0) is 0 Å². The van der Waals surface area contributed by atoms with E-state index in [1.54, 1.807) is 7.11 Å². The molecule has 0 spiro atoms. The number of ether oxygens (including phenoxy) is 1. The summed E-state index contributed by atoms with van der Waals surface area (Å²) < 4.78 is 5.27. The van der Waals surface area contributed by atoms with Gasteiger partial charge in [0.2, 0.25) is 0 Å². The van der Waals surface area contributed by atoms with Crippen LogP contribution in [0.25, 0.3) is 10.4 Å². The Morgan fingerprint density at radius 1 is 1.44 bits per heavy atom. The molecule has 0 heterocycles. The fraction of sp³-hybridized carbons (Fsp3) is 0.455. The van der Waals surface area contributed by atoms with Crippen molar-refractivity contribution in [3.05, 3.63) is 34.7 Å². The number of hydrogen-bond donors (Lipinski definition) is 0. The third-order valence-electron chi connectivity index (χ3n) is 2.31. The van der Waals surface area contributed by atoms with Crippen LogP contribution in [0.4, 0.5) is 5.69 Å². The van der Waals surface area contributed by atoms with Crippen molar-refractivity contribution in [1.82, 2.24) is 0 Å². The van der Waals surface area contributed by atoms with Crippen molar-refractivity contribution < 1.29 is 4.74 Å². The van der Waals surface area contributed by atoms with Gasteiger partial charge in [-0.2, -0.15) is 0 Å². The summed E-state index contributed by atoms with van der Waals surface area (Å²) in [6.45, 7) is 1.36. The molecule has 5 nitrogen and oxygen atoms in total. The standard InChI is InChI=1S/C11H16N4O/c1-15(9-5-8-13-14-12)10-6-3-4-7-11(10)16-2/h3-4,6-7H,5,8-9H2,1-2H3. The maximum Gasteiger partial charge on any atom is 0.142 e. The van der Waals surface area contributed by atoms with Crippen molar-refractivity contribution in [3.8, 4) is 5.75 Å². The molecule has 0 radical (unpaired) electrons. The summed E-state index contributed by atoms with van der Waals surface area (Å²) in [5.74, 6) is 0.855. The fourth-order valence-corrected chi connectivity index (χ4v) is 1.49. The lowest BCUT2D eigenvalue weighted by Gasteiger charge is -2.21. The first kappa shape index (κ1) is 12.2. The predicted octanol–water partition coefficient (Wildman–Crippen LogP) is 2.83. The minimum atomic E-state index is 0.524. The van der Waals surface area contributed by atoms with Crippen LogP contribution in [0.15, 0.2) is 29.4 Å². The minimum Gasteiger partial charge on any atom is -0.495 e. The van der Waals surface area contributed by atoms with Gasteiger partial charge in [0.15, 0.2) is 0 Å². The highest BCUT2D eigenvalue weighted by molar-refractivity contribution is 5.57. The van der Waals surface area contributed by atoms with Gasteiger partial charge in [-0.1, -0.05) is 17.2 Å². The topological polar surface area (TPSA) is 61.2 Å². The molecule has 16 heavy (non-hydrogen) atoms. The van der Waals surface area contributed by atoms with Gasteiger partial charge >= 0.3 is 0 Å². The summed E-state index contributed by atoms with van der Waals surface area (Å²) in [5.41, 5.74) is 9.20. The molecule has 0 aromatic heterocycles. The second kappa shape index (κ2) is 6.58. The largest absolute Gasteiger partial charge is 0.495 e. The van der Waals surface area contributed by atoms with Crippen LogP contribution in [-0.4, -0.2) is 27.2 Å². The number of hydrogen-bond acceptors (Lipinski definition) is 3. The first-order chi connectivity index (χ1) is 7.79. The van der Waals surface area contributed by atoms with Gasteiger partial charge in [-0.3, -0.25) is 0 Å². The Morgan fingerprint density at radius 3 is 2.88 bits per heavy atom. The molecule has 0 saturated heterocycles. The van der Waals surface area contributed by atoms with Gasteiger partial charge in [-0.15, -0.1) is 0 Å². The monoisotopic (exact) mass is 220 g/mol. The molecule has 1 aromatic carbocycles. The van der Waals surface area contributed by atoms with Crippen molar-refractivity contribution in [2.45, 2.75) is 6.42 Å². The maximum absolute atomic E-state index is 8.16. The number of anilines is 1. The van der Waals surface area contributed by atoms with Gasteiger partial charge in [-0.25, -0.2) is 0 Å². The Hall–Kier alpha value is -1.87. The Kier molecular flexibility index (Phi) is 5.02. The molecule has 0 N–H and O–H groups in total. The van der Waals surface area contributed by atoms with Crippen LogP contribution in [0.2, 0.25) is 0 Å². The molecular weight excluding hydrogens is 204 g/mol. The maximum atomic E-state index is 8.16. The summed E-state index contributed by atoms with van der Waals surface area (Å²) in [5, 5.41) is 3.50. The zero-order valence-electron chi connectivity index (χ0n) is 9.63. The molecule has 0 saturated carbocycles. The second-order valence-corrected chi connectivity index (χ2v) is 3.40. The molecule has 0 bridgehead atoms. The van der Waals surface area contributed by atoms with Crippen molar-refractivity contribution in [3.63, 3.8) is 0 Å². The molecule has 0 amide bonds. The summed E-state index contributed by atoms with van der Waals surface area (Å²) in [6.07, 6.45) is 0.832. The highest BCUT2D eigenvalue weighted by atomic mass is 16.5. The lowest BCUT2D eigenvalue weighted by Crippen LogP contribution is -2.19. The lowest BCUT2D eigenvalue weighted by molar-refractivity contribution is 0.415. The highest BCUT2D eigenvalue weighted by Crippen LogP contribution is 2.26. The van der Waals surface area contributed by atoms with Crippen LogP contribution < -0.4 is 9.64 Å². The van der Waals surface area contributed by atoms with Gasteiger partial charge in [0.25, 0.3) is 0 Å². The first-order valence-corrected chi connectivity index (χ1v) is 5.14. The van der Waals surface area contributed by atoms with Crippen molar-refractivity contribution >= 4 is 5.69 Å². The Labute approximate surface area is 95.3 Å². The molecule has 1 aromatic rings. The average Bonchev–Trinajstić information content (AvgIpc) is 2.34. The molecule has 0 aliphatic rings. The average molecular weight is 220 g/mol. The van der Waals surface area contributed by atoms with Gasteiger partial charge in [-0.05, 0) is 24.1 Å². The fourth-order valence-electron chi connectivity index (χ4n) is 1.49. The normalized spacial score (nSPS) is 9.38. The number of azide groups is 1. The second-order valence-electron chi connectivity index (χ2n) is 3.40. The van der Waals surface area contributed by atoms with E-state index in [9.17, 15) is 0 Å². The van der Waals surface area contributed by atoms with E-state index in [1.807, 2.05) is 31.3 Å². The quantitative estimate of drug-likeness (QED) is 0.320. The third-order valence-corrected chi connectivity index (χ3v) is 2.31. The van der Waals surface area contributed by atoms with Crippen LogP contribution >= 0.6 is 0 Å². The third kappa shape index (κ3) is 3.37. The van der Waals surface area contributed by atoms with Gasteiger partial charge < -0.3 is 9.64 Å². The molecule has 86 valence electrons. The molecule has 5 heteroatoms. The Morgan fingerprint density at radius 2 is 2.19 bits per heavy atom. The van der Waals surface area contributed by atoms with Gasteiger partial charge in [0, 0.05) is 25.0 Å². The number of nitrogens with zero attached hydrogens (tertiary/aromatic N) is 4. The summed E-state index contributed by atoms with van der Waals surface area (Å²) in [6, 6.07) is 7.85. The zero-order chi connectivity index (χ0) is 11.8. The predicted molar refractivity (Wildman–Crippen MR) is 64.9 cm³/mol. The summed E-state index contributed by atoms with van der Waals surface area (Å²) >= 11 is 0. The number of rotatable bonds is 6. The van der Waals surface area contributed by atoms with Crippen LogP contribution in [0.5, 0.6) is 5.75 Å². The van der Waals surface area contributed by atoms with E-state index in [2.05, 4.69) is 14.9 Å². The highest BCUT2D eigenvalue weighted by Gasteiger charge is 2.05. The molecule has 1 rings (SSSR count). The lowest BCUT2D eigenvalue weighted by atomic mass is 10.2. The molecule has 0 atom stereocenters. The van der Waals surface area contributed by atoms with E-state index >= 15 is 0 Å². The van der Waals surface area contributed by atoms with Crippen molar-refractivity contribution in [2.24, 2.45) is 5.11 Å². The molecule has 0 aliphatic heterocycles. The van der Waals surface area contributed by atoms with Crippen LogP contribution in [0, 0.1) is 0 Å². The number of methoxy groups -OCH3 is 1. The summed E-state index contributed by atoms with van der Waals surface area (Å²) in [4.78, 5) is 4.81. The van der Waals surface area contributed by atoms with E-state index in [0.29, 0.717) is 6.54 Å². The number of para-hydroxylation sites is 2. The molecule has 0 fully saturated rings. The van der Waals surface area contributed by atoms with Gasteiger partial charge in [0.1, 0.15) is 5.75 Å². The van der Waals surface area contributed by atoms with Crippen LogP contribution in [0.1, 0.15) is 6.42 Å². The van der Waals surface area contributed by atoms with E-state index in [4.69, 9.17) is 10.3 Å². The smallest absolute Gasteiger partial charge is 0.142 e. The Bertz CT molecular complexity index is 374. The zero-order valence-corrected chi connectivity index (χ0v) is 9.63. The van der Waals surface area contributed by atoms with E-state index in [-0.39, 0.29) is 0 Å². The molecule has 0 aliphatic carbocycles. The molecular formula is C11H16N4O. The molecule has 0 unspecified atom stereocenters. The number of benzene rings is 1. The van der Waals surface area contributed by atoms with E-state index < -0.39 is 0 Å².